The molecule has 1 N–H and O–H groups in total. The van der Waals surface area contributed by atoms with Gasteiger partial charge in [0.1, 0.15) is 5.60 Å². The second kappa shape index (κ2) is 8.69. The van der Waals surface area contributed by atoms with E-state index in [0.29, 0.717) is 18.5 Å². The van der Waals surface area contributed by atoms with Gasteiger partial charge < -0.3 is 19.9 Å². The molecule has 6 heteroatoms. The highest BCUT2D eigenvalue weighted by Gasteiger charge is 2.51. The molecule has 2 saturated heterocycles. The van der Waals surface area contributed by atoms with Crippen molar-refractivity contribution in [3.63, 3.8) is 0 Å². The van der Waals surface area contributed by atoms with Gasteiger partial charge in [-0.3, -0.25) is 4.79 Å². The lowest BCUT2D eigenvalue weighted by atomic mass is 9.59. The smallest absolute Gasteiger partial charge is 0.410 e. The first-order valence-electron chi connectivity index (χ1n) is 12.2. The zero-order chi connectivity index (χ0) is 23.1. The van der Waals surface area contributed by atoms with E-state index >= 15 is 0 Å². The van der Waals surface area contributed by atoms with Crippen LogP contribution < -0.4 is 5.32 Å². The largest absolute Gasteiger partial charge is 0.444 e. The van der Waals surface area contributed by atoms with Crippen molar-refractivity contribution in [2.45, 2.75) is 83.9 Å². The number of carbonyl (C=O) groups is 2. The number of hydrogen-bond acceptors (Lipinski definition) is 4. The van der Waals surface area contributed by atoms with Crippen LogP contribution in [-0.4, -0.2) is 59.6 Å². The zero-order valence-corrected chi connectivity index (χ0v) is 20.3. The van der Waals surface area contributed by atoms with Crippen molar-refractivity contribution in [2.24, 2.45) is 5.41 Å². The summed E-state index contributed by atoms with van der Waals surface area (Å²) in [5, 5.41) is 3.34. The van der Waals surface area contributed by atoms with Crippen molar-refractivity contribution in [1.82, 2.24) is 15.1 Å². The third-order valence-electron chi connectivity index (χ3n) is 7.42. The molecule has 2 aliphatic heterocycles. The van der Waals surface area contributed by atoms with Gasteiger partial charge >= 0.3 is 6.09 Å². The van der Waals surface area contributed by atoms with Gasteiger partial charge in [0.25, 0.3) is 0 Å². The molecular formula is C26H39N3O3. The lowest BCUT2D eigenvalue weighted by Crippen LogP contribution is -2.61. The van der Waals surface area contributed by atoms with E-state index in [1.807, 2.05) is 25.7 Å². The minimum absolute atomic E-state index is 0.0963. The third-order valence-corrected chi connectivity index (χ3v) is 7.42. The van der Waals surface area contributed by atoms with Crippen LogP contribution in [0.1, 0.15) is 83.4 Å². The Morgan fingerprint density at radius 3 is 2.44 bits per heavy atom. The van der Waals surface area contributed by atoms with Gasteiger partial charge in [-0.15, -0.1) is 0 Å². The molecule has 0 unspecified atom stereocenters. The molecule has 3 fully saturated rings. The number of likely N-dealkylation sites (tertiary alicyclic amines) is 1. The monoisotopic (exact) mass is 441 g/mol. The summed E-state index contributed by atoms with van der Waals surface area (Å²) in [5.41, 5.74) is 2.41. The number of amides is 2. The third kappa shape index (κ3) is 4.66. The number of rotatable bonds is 3. The van der Waals surface area contributed by atoms with Gasteiger partial charge in [0.15, 0.2) is 0 Å². The Bertz CT molecular complexity index is 844. The average molecular weight is 442 g/mol. The summed E-state index contributed by atoms with van der Waals surface area (Å²) < 4.78 is 5.55. The molecule has 1 aromatic carbocycles. The maximum absolute atomic E-state index is 13.0. The fourth-order valence-corrected chi connectivity index (χ4v) is 5.77. The predicted octanol–water partition coefficient (Wildman–Crippen LogP) is 4.46. The van der Waals surface area contributed by atoms with Crippen molar-refractivity contribution < 1.29 is 14.3 Å². The second-order valence-electron chi connectivity index (χ2n) is 11.3. The van der Waals surface area contributed by atoms with E-state index in [9.17, 15) is 9.59 Å². The summed E-state index contributed by atoms with van der Waals surface area (Å²) >= 11 is 0. The second-order valence-corrected chi connectivity index (χ2v) is 11.3. The Hall–Kier alpha value is -2.08. The number of benzene rings is 1. The molecule has 1 saturated carbocycles. The molecule has 1 aliphatic carbocycles. The zero-order valence-electron chi connectivity index (χ0n) is 20.3. The van der Waals surface area contributed by atoms with Gasteiger partial charge in [0, 0.05) is 25.7 Å². The van der Waals surface area contributed by atoms with Gasteiger partial charge in [0.05, 0.1) is 12.6 Å². The van der Waals surface area contributed by atoms with E-state index in [1.165, 1.54) is 11.1 Å². The number of piperazine rings is 1. The highest BCUT2D eigenvalue weighted by atomic mass is 16.6. The summed E-state index contributed by atoms with van der Waals surface area (Å²) in [6, 6.07) is 8.97. The molecular weight excluding hydrogens is 402 g/mol. The van der Waals surface area contributed by atoms with Crippen molar-refractivity contribution >= 4 is 12.0 Å². The van der Waals surface area contributed by atoms with Crippen LogP contribution in [0.15, 0.2) is 24.3 Å². The normalized spacial score (nSPS) is 24.1. The SMILES string of the molecule is CC(C)c1ccccc1[C@@H]1CNCC(=O)N1C1CC2(CCN(C(=O)OC(C)(C)C)CC2)C1. The molecule has 0 aromatic heterocycles. The Kier molecular flexibility index (Phi) is 6.27. The average Bonchev–Trinajstić information content (AvgIpc) is 2.71. The minimum atomic E-state index is -0.461. The summed E-state index contributed by atoms with van der Waals surface area (Å²) in [4.78, 5) is 29.5. The fourth-order valence-electron chi connectivity index (χ4n) is 5.77. The lowest BCUT2D eigenvalue weighted by Gasteiger charge is -2.57. The Morgan fingerprint density at radius 2 is 1.81 bits per heavy atom. The number of carbonyl (C=O) groups excluding carboxylic acids is 2. The summed E-state index contributed by atoms with van der Waals surface area (Å²) in [6.07, 6.45) is 3.88. The van der Waals surface area contributed by atoms with Gasteiger partial charge in [0.2, 0.25) is 5.91 Å². The van der Waals surface area contributed by atoms with Crippen LogP contribution in [0, 0.1) is 5.41 Å². The molecule has 0 radical (unpaired) electrons. The molecule has 6 nitrogen and oxygen atoms in total. The Morgan fingerprint density at radius 1 is 1.16 bits per heavy atom. The quantitative estimate of drug-likeness (QED) is 0.752. The molecule has 0 bridgehead atoms. The molecule has 1 atom stereocenters. The standard InChI is InChI=1S/C26H39N3O3/c1-18(2)20-8-6-7-9-21(20)22-16-27-17-23(30)29(22)19-14-26(15-19)10-12-28(13-11-26)24(31)32-25(3,4)5/h6-9,18-19,22,27H,10-17H2,1-5H3/t22-/m0/s1. The van der Waals surface area contributed by atoms with Crippen LogP contribution in [0.4, 0.5) is 4.79 Å². The number of hydrogen-bond donors (Lipinski definition) is 1. The predicted molar refractivity (Wildman–Crippen MR) is 125 cm³/mol. The molecule has 1 spiro atoms. The number of nitrogens with zero attached hydrogens (tertiary/aromatic N) is 2. The molecule has 32 heavy (non-hydrogen) atoms. The van der Waals surface area contributed by atoms with Crippen molar-refractivity contribution in [1.29, 1.82) is 0 Å². The van der Waals surface area contributed by atoms with Crippen LogP contribution in [0.5, 0.6) is 0 Å². The van der Waals surface area contributed by atoms with E-state index in [-0.39, 0.29) is 23.5 Å². The first-order valence-corrected chi connectivity index (χ1v) is 12.2. The van der Waals surface area contributed by atoms with Gasteiger partial charge in [-0.25, -0.2) is 4.79 Å². The van der Waals surface area contributed by atoms with Crippen molar-refractivity contribution in [3.05, 3.63) is 35.4 Å². The van der Waals surface area contributed by atoms with Crippen molar-refractivity contribution in [2.75, 3.05) is 26.2 Å². The van der Waals surface area contributed by atoms with Crippen LogP contribution in [0.2, 0.25) is 0 Å². The van der Waals surface area contributed by atoms with Crippen LogP contribution in [0.3, 0.4) is 0 Å². The highest BCUT2D eigenvalue weighted by molar-refractivity contribution is 5.80. The Labute approximate surface area is 192 Å². The number of piperidine rings is 1. The number of nitrogens with one attached hydrogen (secondary N) is 1. The van der Waals surface area contributed by atoms with Gasteiger partial charge in [-0.05, 0) is 68.9 Å². The molecule has 3 aliphatic rings. The summed E-state index contributed by atoms with van der Waals surface area (Å²) in [5.74, 6) is 0.640. The fraction of sp³-hybridized carbons (Fsp3) is 0.692. The molecule has 2 heterocycles. The van der Waals surface area contributed by atoms with Crippen LogP contribution >= 0.6 is 0 Å². The topological polar surface area (TPSA) is 61.9 Å². The van der Waals surface area contributed by atoms with Gasteiger partial charge in [-0.2, -0.15) is 0 Å². The van der Waals surface area contributed by atoms with E-state index in [1.54, 1.807) is 0 Å². The molecule has 1 aromatic rings. The first kappa shape index (κ1) is 23.1. The molecule has 4 rings (SSSR count). The Balaban J connectivity index is 1.42. The van der Waals surface area contributed by atoms with E-state index in [2.05, 4.69) is 48.3 Å². The molecule has 2 amide bonds. The van der Waals surface area contributed by atoms with Crippen LogP contribution in [0.25, 0.3) is 0 Å². The summed E-state index contributed by atoms with van der Waals surface area (Å²) in [6.45, 7) is 12.9. The van der Waals surface area contributed by atoms with E-state index in [0.717, 1.165) is 45.3 Å². The van der Waals surface area contributed by atoms with E-state index in [4.69, 9.17) is 4.74 Å². The molecule has 176 valence electrons. The van der Waals surface area contributed by atoms with Gasteiger partial charge in [-0.1, -0.05) is 38.1 Å². The summed E-state index contributed by atoms with van der Waals surface area (Å²) in [7, 11) is 0. The minimum Gasteiger partial charge on any atom is -0.444 e. The maximum Gasteiger partial charge on any atom is 0.410 e. The van der Waals surface area contributed by atoms with E-state index < -0.39 is 5.60 Å². The first-order chi connectivity index (χ1) is 15.1. The highest BCUT2D eigenvalue weighted by Crippen LogP contribution is 2.52. The van der Waals surface area contributed by atoms with Crippen LogP contribution in [-0.2, 0) is 9.53 Å². The number of ether oxygens (including phenoxy) is 1. The maximum atomic E-state index is 13.0. The van der Waals surface area contributed by atoms with Crippen molar-refractivity contribution in [3.8, 4) is 0 Å². The lowest BCUT2D eigenvalue weighted by molar-refractivity contribution is -0.147.